The van der Waals surface area contributed by atoms with Crippen LogP contribution in [0.5, 0.6) is 11.5 Å². The van der Waals surface area contributed by atoms with E-state index in [1.165, 1.54) is 11.1 Å². The maximum Gasteiger partial charge on any atom is 0.202 e. The molecule has 2 aliphatic heterocycles. The van der Waals surface area contributed by atoms with Crippen LogP contribution in [-0.4, -0.2) is 32.2 Å². The van der Waals surface area contributed by atoms with Crippen molar-refractivity contribution in [1.82, 2.24) is 0 Å². The molecule has 0 saturated carbocycles. The van der Waals surface area contributed by atoms with E-state index in [-0.39, 0.29) is 18.3 Å². The van der Waals surface area contributed by atoms with Crippen molar-refractivity contribution >= 4 is 0 Å². The van der Waals surface area contributed by atoms with Crippen LogP contribution in [0.2, 0.25) is 0 Å². The Balaban J connectivity index is 1.73. The molecule has 0 aliphatic carbocycles. The Morgan fingerprint density at radius 2 is 1.25 bits per heavy atom. The van der Waals surface area contributed by atoms with E-state index in [4.69, 9.17) is 18.9 Å². The highest BCUT2D eigenvalue weighted by Gasteiger charge is 2.26. The van der Waals surface area contributed by atoms with Gasteiger partial charge in [0.15, 0.2) is 0 Å². The van der Waals surface area contributed by atoms with Gasteiger partial charge >= 0.3 is 0 Å². The smallest absolute Gasteiger partial charge is 0.202 e. The van der Waals surface area contributed by atoms with Crippen LogP contribution in [0.4, 0.5) is 0 Å². The standard InChI is InChI=1S/C32H38O4/c1-6-10-23-16-27(17-24(11-7-2)31(23)35-21-29-20-34-29)22(5)28-18-25(12-8-3)32(26(19-28)13-9-4)36-30-14-15-33-30/h6-9,16-19,22,29-30H,1-4,10-15,20-21H2,5H3. The largest absolute Gasteiger partial charge is 0.490 e. The molecule has 0 bridgehead atoms. The van der Waals surface area contributed by atoms with Crippen LogP contribution < -0.4 is 9.47 Å². The quantitative estimate of drug-likeness (QED) is 0.209. The van der Waals surface area contributed by atoms with Crippen molar-refractivity contribution in [1.29, 1.82) is 0 Å². The number of rotatable bonds is 15. The third-order valence-electron chi connectivity index (χ3n) is 6.71. The molecule has 2 aromatic carbocycles. The van der Waals surface area contributed by atoms with Gasteiger partial charge in [0.2, 0.25) is 6.29 Å². The van der Waals surface area contributed by atoms with E-state index < -0.39 is 0 Å². The zero-order valence-electron chi connectivity index (χ0n) is 21.5. The van der Waals surface area contributed by atoms with Crippen LogP contribution in [0.25, 0.3) is 0 Å². The van der Waals surface area contributed by atoms with Crippen molar-refractivity contribution in [3.8, 4) is 11.5 Å². The summed E-state index contributed by atoms with van der Waals surface area (Å²) in [5, 5.41) is 0. The van der Waals surface area contributed by atoms with E-state index in [1.807, 2.05) is 24.3 Å². The van der Waals surface area contributed by atoms with Crippen molar-refractivity contribution in [3.05, 3.63) is 108 Å². The molecule has 36 heavy (non-hydrogen) atoms. The molecule has 4 nitrogen and oxygen atoms in total. The first kappa shape index (κ1) is 26.0. The number of hydrogen-bond acceptors (Lipinski definition) is 4. The molecule has 0 radical (unpaired) electrons. The molecule has 0 amide bonds. The Morgan fingerprint density at radius 3 is 1.61 bits per heavy atom. The van der Waals surface area contributed by atoms with Gasteiger partial charge in [-0.2, -0.15) is 0 Å². The fourth-order valence-corrected chi connectivity index (χ4v) is 4.60. The summed E-state index contributed by atoms with van der Waals surface area (Å²) in [7, 11) is 0. The van der Waals surface area contributed by atoms with Gasteiger partial charge in [-0.15, -0.1) is 26.3 Å². The lowest BCUT2D eigenvalue weighted by Crippen LogP contribution is -2.33. The van der Waals surface area contributed by atoms with Gasteiger partial charge in [-0.05, 0) is 59.1 Å². The molecule has 2 heterocycles. The van der Waals surface area contributed by atoms with Crippen molar-refractivity contribution < 1.29 is 18.9 Å². The molecule has 2 aliphatic rings. The normalized spacial score (nSPS) is 19.0. The van der Waals surface area contributed by atoms with E-state index in [1.54, 1.807) is 0 Å². The van der Waals surface area contributed by atoms with Gasteiger partial charge < -0.3 is 18.9 Å². The summed E-state index contributed by atoms with van der Waals surface area (Å²) in [4.78, 5) is 0. The fraction of sp³-hybridized carbons (Fsp3) is 0.375. The van der Waals surface area contributed by atoms with Gasteiger partial charge in [0.05, 0.1) is 13.2 Å². The molecule has 4 rings (SSSR count). The average Bonchev–Trinajstić information content (AvgIpc) is 3.66. The van der Waals surface area contributed by atoms with Crippen molar-refractivity contribution in [2.24, 2.45) is 0 Å². The third kappa shape index (κ3) is 6.18. The van der Waals surface area contributed by atoms with Crippen LogP contribution in [0.3, 0.4) is 0 Å². The van der Waals surface area contributed by atoms with Gasteiger partial charge in [0, 0.05) is 12.3 Å². The SMILES string of the molecule is C=CCc1cc(C(C)c2cc(CC=C)c(OC3CCO3)c(CC=C)c2)cc(CC=C)c1OCC1CO1. The zero-order chi connectivity index (χ0) is 25.5. The summed E-state index contributed by atoms with van der Waals surface area (Å²) in [6.07, 6.45) is 11.6. The summed E-state index contributed by atoms with van der Waals surface area (Å²) in [5.41, 5.74) is 7.02. The maximum atomic E-state index is 6.26. The number of benzene rings is 2. The van der Waals surface area contributed by atoms with Crippen molar-refractivity contribution in [2.45, 2.75) is 57.3 Å². The molecule has 2 aromatic rings. The minimum Gasteiger partial charge on any atom is -0.490 e. The summed E-state index contributed by atoms with van der Waals surface area (Å²) in [6.45, 7) is 20.3. The number of hydrogen-bond donors (Lipinski definition) is 0. The molecule has 0 N–H and O–H groups in total. The molecule has 0 spiro atoms. The lowest BCUT2D eigenvalue weighted by molar-refractivity contribution is -0.165. The van der Waals surface area contributed by atoms with Crippen molar-refractivity contribution in [2.75, 3.05) is 19.8 Å². The van der Waals surface area contributed by atoms with Crippen LogP contribution in [-0.2, 0) is 35.2 Å². The summed E-state index contributed by atoms with van der Waals surface area (Å²) in [5.74, 6) is 2.01. The molecule has 2 saturated heterocycles. The monoisotopic (exact) mass is 486 g/mol. The predicted octanol–water partition coefficient (Wildman–Crippen LogP) is 6.66. The van der Waals surface area contributed by atoms with Gasteiger partial charge in [0.1, 0.15) is 24.2 Å². The molecule has 190 valence electrons. The minimum atomic E-state index is -0.170. The summed E-state index contributed by atoms with van der Waals surface area (Å²) in [6, 6.07) is 9.02. The first-order valence-electron chi connectivity index (χ1n) is 12.9. The third-order valence-corrected chi connectivity index (χ3v) is 6.71. The van der Waals surface area contributed by atoms with Gasteiger partial charge in [-0.3, -0.25) is 0 Å². The molecule has 4 heteroatoms. The van der Waals surface area contributed by atoms with E-state index in [0.717, 1.165) is 79.1 Å². The van der Waals surface area contributed by atoms with Gasteiger partial charge in [-0.1, -0.05) is 55.5 Å². The molecule has 3 atom stereocenters. The minimum absolute atomic E-state index is 0.166. The highest BCUT2D eigenvalue weighted by atomic mass is 16.7. The number of epoxide rings is 1. The lowest BCUT2D eigenvalue weighted by atomic mass is 9.86. The van der Waals surface area contributed by atoms with Crippen LogP contribution in [0, 0.1) is 0 Å². The predicted molar refractivity (Wildman–Crippen MR) is 146 cm³/mol. The van der Waals surface area contributed by atoms with Crippen molar-refractivity contribution in [3.63, 3.8) is 0 Å². The fourth-order valence-electron chi connectivity index (χ4n) is 4.60. The molecular weight excluding hydrogens is 448 g/mol. The summed E-state index contributed by atoms with van der Waals surface area (Å²) >= 11 is 0. The summed E-state index contributed by atoms with van der Waals surface area (Å²) < 4.78 is 23.4. The van der Waals surface area contributed by atoms with Gasteiger partial charge in [-0.25, -0.2) is 0 Å². The van der Waals surface area contributed by atoms with E-state index in [2.05, 4.69) is 57.5 Å². The van der Waals surface area contributed by atoms with E-state index in [9.17, 15) is 0 Å². The first-order valence-corrected chi connectivity index (χ1v) is 12.9. The number of allylic oxidation sites excluding steroid dienone is 4. The Labute approximate surface area is 215 Å². The second-order valence-corrected chi connectivity index (χ2v) is 9.50. The highest BCUT2D eigenvalue weighted by Crippen LogP contribution is 2.37. The van der Waals surface area contributed by atoms with E-state index >= 15 is 0 Å². The molecular formula is C32H38O4. The second kappa shape index (κ2) is 12.2. The first-order chi connectivity index (χ1) is 17.6. The second-order valence-electron chi connectivity index (χ2n) is 9.50. The van der Waals surface area contributed by atoms with Crippen LogP contribution in [0.15, 0.2) is 74.9 Å². The number of ether oxygens (including phenoxy) is 4. The maximum absolute atomic E-state index is 6.26. The Hall–Kier alpha value is -3.08. The average molecular weight is 487 g/mol. The van der Waals surface area contributed by atoms with Crippen LogP contribution in [0.1, 0.15) is 52.6 Å². The highest BCUT2D eigenvalue weighted by molar-refractivity contribution is 5.52. The zero-order valence-corrected chi connectivity index (χ0v) is 21.5. The van der Waals surface area contributed by atoms with Crippen LogP contribution >= 0.6 is 0 Å². The Bertz CT molecular complexity index is 1050. The Morgan fingerprint density at radius 1 is 0.806 bits per heavy atom. The molecule has 0 aromatic heterocycles. The Kier molecular flexibility index (Phi) is 8.84. The lowest BCUT2D eigenvalue weighted by Gasteiger charge is -2.29. The topological polar surface area (TPSA) is 40.2 Å². The molecule has 2 fully saturated rings. The van der Waals surface area contributed by atoms with Gasteiger partial charge in [0.25, 0.3) is 0 Å². The molecule has 3 unspecified atom stereocenters. The van der Waals surface area contributed by atoms with E-state index in [0.29, 0.717) is 6.61 Å².